The third-order valence-corrected chi connectivity index (χ3v) is 11.0. The van der Waals surface area contributed by atoms with Crippen molar-refractivity contribution in [3.8, 4) is 0 Å². The second kappa shape index (κ2) is 6.95. The third-order valence-electron chi connectivity index (χ3n) is 11.0. The molecule has 30 heavy (non-hydrogen) atoms. The highest BCUT2D eigenvalue weighted by Crippen LogP contribution is 2.73. The molecule has 4 fully saturated rings. The zero-order chi connectivity index (χ0) is 21.5. The van der Waals surface area contributed by atoms with Crippen LogP contribution in [0.5, 0.6) is 0 Å². The van der Waals surface area contributed by atoms with Gasteiger partial charge in [-0.05, 0) is 91.4 Å². The topological polar surface area (TPSA) is 29.5 Å². The molecule has 2 aliphatic heterocycles. The van der Waals surface area contributed by atoms with Crippen LogP contribution in [0.2, 0.25) is 0 Å². The maximum absolute atomic E-state index is 10.3. The molecule has 1 saturated heterocycles. The Kier molecular flexibility index (Phi) is 4.92. The van der Waals surface area contributed by atoms with Crippen molar-refractivity contribution in [1.29, 1.82) is 0 Å². The fourth-order valence-electron chi connectivity index (χ4n) is 8.67. The number of hydrogen-bond acceptors (Lipinski definition) is 2. The van der Waals surface area contributed by atoms with Crippen LogP contribution < -0.4 is 0 Å². The molecule has 0 radical (unpaired) electrons. The number of hydrogen-bond donors (Lipinski definition) is 1. The highest BCUT2D eigenvalue weighted by molar-refractivity contribution is 5.42. The van der Waals surface area contributed by atoms with E-state index in [9.17, 15) is 5.11 Å². The summed E-state index contributed by atoms with van der Waals surface area (Å²) >= 11 is 0. The van der Waals surface area contributed by atoms with Gasteiger partial charge in [-0.15, -0.1) is 0 Å². The quantitative estimate of drug-likeness (QED) is 0.531. The van der Waals surface area contributed by atoms with Crippen molar-refractivity contribution in [2.45, 2.75) is 104 Å². The zero-order valence-corrected chi connectivity index (χ0v) is 20.2. The Morgan fingerprint density at radius 3 is 2.53 bits per heavy atom. The van der Waals surface area contributed by atoms with Crippen molar-refractivity contribution >= 4 is 0 Å². The van der Waals surface area contributed by atoms with Gasteiger partial charge in [0.15, 0.2) is 0 Å². The molecular weight excluding hydrogens is 368 g/mol. The number of fused-ring (bicyclic) bond motifs is 5. The molecule has 2 heterocycles. The van der Waals surface area contributed by atoms with E-state index in [2.05, 4.69) is 59.8 Å². The van der Waals surface area contributed by atoms with E-state index < -0.39 is 0 Å². The van der Waals surface area contributed by atoms with Gasteiger partial charge in [0.05, 0.1) is 17.8 Å². The number of allylic oxidation sites excluding steroid dienone is 2. The fraction of sp³-hybridized carbons (Fsp3) is 0.857. The summed E-state index contributed by atoms with van der Waals surface area (Å²) in [6.07, 6.45) is 15.9. The van der Waals surface area contributed by atoms with Gasteiger partial charge >= 0.3 is 0 Å². The maximum Gasteiger partial charge on any atom is 0.0960 e. The predicted octanol–water partition coefficient (Wildman–Crippen LogP) is 6.54. The first-order valence-corrected chi connectivity index (χ1v) is 12.9. The lowest BCUT2D eigenvalue weighted by Gasteiger charge is -2.57. The summed E-state index contributed by atoms with van der Waals surface area (Å²) in [6, 6.07) is 0. The average Bonchev–Trinajstić information content (AvgIpc) is 3.32. The summed E-state index contributed by atoms with van der Waals surface area (Å²) in [5, 5.41) is 10.3. The first kappa shape index (κ1) is 21.3. The van der Waals surface area contributed by atoms with Crippen LogP contribution in [-0.2, 0) is 4.74 Å². The van der Waals surface area contributed by atoms with E-state index in [0.717, 1.165) is 25.2 Å². The average molecular weight is 413 g/mol. The van der Waals surface area contributed by atoms with Gasteiger partial charge in [0, 0.05) is 5.41 Å². The molecule has 3 unspecified atom stereocenters. The Bertz CT molecular complexity index is 752. The van der Waals surface area contributed by atoms with Crippen LogP contribution >= 0.6 is 0 Å². The lowest BCUT2D eigenvalue weighted by molar-refractivity contribution is -0.0905. The van der Waals surface area contributed by atoms with E-state index in [4.69, 9.17) is 4.74 Å². The summed E-state index contributed by atoms with van der Waals surface area (Å²) < 4.78 is 6.90. The Hall–Kier alpha value is -0.600. The standard InChI is InChI=1S/C28H44O2/c1-17(2)18(3)7-8-19(4)21-9-10-22-23-16-25-24-15-20(29)11-12-27(24,6)28(23,30-25)14-13-26(21,22)5/h7-8,16-22,24-25,29H,9-15H2,1-6H3/t18-,19+,20?,21+,22-,24?,25?,26+,27-,28+/m0/s1. The van der Waals surface area contributed by atoms with Gasteiger partial charge in [0.1, 0.15) is 0 Å². The van der Waals surface area contributed by atoms with Crippen LogP contribution in [0.1, 0.15) is 86.5 Å². The SMILES string of the molecule is CC(C)[C@@H](C)C=C[C@@H](C)[C@H]1CC[C@H]2C3=CC4O[C@@]3(CC[C@]12C)[C@@]1(C)CCC(O)CC41. The smallest absolute Gasteiger partial charge is 0.0960 e. The van der Waals surface area contributed by atoms with E-state index in [-0.39, 0.29) is 23.2 Å². The summed E-state index contributed by atoms with van der Waals surface area (Å²) in [5.74, 6) is 4.03. The van der Waals surface area contributed by atoms with Crippen LogP contribution in [0.25, 0.3) is 0 Å². The molecule has 0 aromatic rings. The molecule has 10 atom stereocenters. The number of aliphatic hydroxyl groups is 1. The summed E-state index contributed by atoms with van der Waals surface area (Å²) in [5.41, 5.74) is 2.31. The molecule has 3 aliphatic carbocycles. The van der Waals surface area contributed by atoms with Gasteiger partial charge in [-0.1, -0.05) is 59.8 Å². The van der Waals surface area contributed by atoms with E-state index in [1.807, 2.05) is 0 Å². The van der Waals surface area contributed by atoms with Crippen LogP contribution in [0.15, 0.2) is 23.8 Å². The number of rotatable bonds is 4. The van der Waals surface area contributed by atoms with Crippen molar-refractivity contribution in [3.05, 3.63) is 23.8 Å². The molecule has 2 nitrogen and oxygen atoms in total. The minimum absolute atomic E-state index is 0.0211. The molecule has 168 valence electrons. The molecule has 1 N–H and O–H groups in total. The molecule has 2 bridgehead atoms. The minimum Gasteiger partial charge on any atom is -0.393 e. The van der Waals surface area contributed by atoms with Crippen molar-refractivity contribution < 1.29 is 9.84 Å². The van der Waals surface area contributed by atoms with Crippen LogP contribution in [0.3, 0.4) is 0 Å². The van der Waals surface area contributed by atoms with E-state index >= 15 is 0 Å². The Morgan fingerprint density at radius 1 is 1.03 bits per heavy atom. The minimum atomic E-state index is -0.121. The Morgan fingerprint density at radius 2 is 1.80 bits per heavy atom. The predicted molar refractivity (Wildman–Crippen MR) is 123 cm³/mol. The lowest BCUT2D eigenvalue weighted by atomic mass is 9.47. The van der Waals surface area contributed by atoms with Gasteiger partial charge in [0.2, 0.25) is 0 Å². The molecular formula is C28H44O2. The second-order valence-corrected chi connectivity index (χ2v) is 12.6. The van der Waals surface area contributed by atoms with Gasteiger partial charge in [-0.3, -0.25) is 0 Å². The molecule has 0 aromatic carbocycles. The van der Waals surface area contributed by atoms with Crippen molar-refractivity contribution in [2.75, 3.05) is 0 Å². The van der Waals surface area contributed by atoms with Crippen molar-refractivity contribution in [2.24, 2.45) is 46.3 Å². The first-order valence-electron chi connectivity index (χ1n) is 12.9. The van der Waals surface area contributed by atoms with Gasteiger partial charge < -0.3 is 9.84 Å². The Balaban J connectivity index is 1.41. The van der Waals surface area contributed by atoms with Gasteiger partial charge in [-0.2, -0.15) is 0 Å². The molecule has 0 aromatic heterocycles. The van der Waals surface area contributed by atoms with Crippen LogP contribution in [-0.4, -0.2) is 22.9 Å². The van der Waals surface area contributed by atoms with Crippen LogP contribution in [0.4, 0.5) is 0 Å². The monoisotopic (exact) mass is 412 g/mol. The molecule has 2 heteroatoms. The largest absolute Gasteiger partial charge is 0.393 e. The van der Waals surface area contributed by atoms with Crippen molar-refractivity contribution in [1.82, 2.24) is 0 Å². The molecule has 5 rings (SSSR count). The number of aliphatic hydroxyl groups excluding tert-OH is 1. The van der Waals surface area contributed by atoms with E-state index in [1.54, 1.807) is 5.57 Å². The highest BCUT2D eigenvalue weighted by Gasteiger charge is 2.72. The van der Waals surface area contributed by atoms with E-state index in [0.29, 0.717) is 35.0 Å². The van der Waals surface area contributed by atoms with Crippen molar-refractivity contribution in [3.63, 3.8) is 0 Å². The summed E-state index contributed by atoms with van der Waals surface area (Å²) in [6.45, 7) is 14.6. The van der Waals surface area contributed by atoms with Gasteiger partial charge in [0.25, 0.3) is 0 Å². The third kappa shape index (κ3) is 2.68. The molecule has 5 aliphatic rings. The molecule has 1 spiro atoms. The fourth-order valence-corrected chi connectivity index (χ4v) is 8.67. The molecule has 0 amide bonds. The summed E-state index contributed by atoms with van der Waals surface area (Å²) in [4.78, 5) is 0. The van der Waals surface area contributed by atoms with Crippen LogP contribution in [0, 0.1) is 46.3 Å². The second-order valence-electron chi connectivity index (χ2n) is 12.6. The summed E-state index contributed by atoms with van der Waals surface area (Å²) in [7, 11) is 0. The van der Waals surface area contributed by atoms with E-state index in [1.165, 1.54) is 25.7 Å². The first-order chi connectivity index (χ1) is 14.1. The highest BCUT2D eigenvalue weighted by atomic mass is 16.5. The number of ether oxygens (including phenoxy) is 1. The van der Waals surface area contributed by atoms with Gasteiger partial charge in [-0.25, -0.2) is 0 Å². The zero-order valence-electron chi connectivity index (χ0n) is 20.2. The normalized spacial score (nSPS) is 51.6. The Labute approximate surface area is 184 Å². The maximum atomic E-state index is 10.3. The molecule has 3 saturated carbocycles. The lowest BCUT2D eigenvalue weighted by Crippen LogP contribution is -2.57.